The Balaban J connectivity index is 2.11. The van der Waals surface area contributed by atoms with Crippen molar-refractivity contribution < 1.29 is 9.59 Å². The predicted molar refractivity (Wildman–Crippen MR) is 94.1 cm³/mol. The summed E-state index contributed by atoms with van der Waals surface area (Å²) in [6, 6.07) is 9.11. The molecule has 0 aliphatic carbocycles. The third kappa shape index (κ3) is 4.11. The molecule has 0 radical (unpaired) electrons. The summed E-state index contributed by atoms with van der Waals surface area (Å²) in [6.45, 7) is 7.67. The Morgan fingerprint density at radius 2 is 1.48 bits per heavy atom. The van der Waals surface area contributed by atoms with Crippen LogP contribution in [0.15, 0.2) is 30.3 Å². The van der Waals surface area contributed by atoms with Crippen LogP contribution in [-0.2, 0) is 9.59 Å². The molecule has 0 aliphatic heterocycles. The van der Waals surface area contributed by atoms with Crippen LogP contribution in [0.2, 0.25) is 5.02 Å². The topological polar surface area (TPSA) is 58.2 Å². The Morgan fingerprint density at radius 1 is 0.826 bits per heavy atom. The van der Waals surface area contributed by atoms with Crippen molar-refractivity contribution in [2.75, 3.05) is 10.6 Å². The maximum absolute atomic E-state index is 12.1. The van der Waals surface area contributed by atoms with E-state index < -0.39 is 11.8 Å². The van der Waals surface area contributed by atoms with E-state index in [0.717, 1.165) is 22.3 Å². The number of hydrogen-bond acceptors (Lipinski definition) is 2. The fourth-order valence-electron chi connectivity index (χ4n) is 2.25. The van der Waals surface area contributed by atoms with Crippen LogP contribution in [-0.4, -0.2) is 11.8 Å². The van der Waals surface area contributed by atoms with E-state index in [1.807, 2.05) is 45.9 Å². The number of halogens is 1. The van der Waals surface area contributed by atoms with Crippen LogP contribution in [0.4, 0.5) is 11.4 Å². The van der Waals surface area contributed by atoms with Crippen LogP contribution >= 0.6 is 11.6 Å². The van der Waals surface area contributed by atoms with Gasteiger partial charge in [-0.1, -0.05) is 23.7 Å². The van der Waals surface area contributed by atoms with Crippen molar-refractivity contribution in [3.05, 3.63) is 57.6 Å². The number of hydrogen-bond donors (Lipinski definition) is 2. The normalized spacial score (nSPS) is 10.3. The summed E-state index contributed by atoms with van der Waals surface area (Å²) in [5, 5.41) is 5.57. The molecule has 4 nitrogen and oxygen atoms in total. The number of aryl methyl sites for hydroxylation is 4. The smallest absolute Gasteiger partial charge is 0.314 e. The van der Waals surface area contributed by atoms with Gasteiger partial charge >= 0.3 is 11.8 Å². The van der Waals surface area contributed by atoms with Gasteiger partial charge in [-0.05, 0) is 68.1 Å². The molecule has 120 valence electrons. The average molecular weight is 331 g/mol. The lowest BCUT2D eigenvalue weighted by Gasteiger charge is -2.12. The molecular formula is C18H19ClN2O2. The van der Waals surface area contributed by atoms with Gasteiger partial charge in [-0.25, -0.2) is 0 Å². The molecule has 0 saturated heterocycles. The van der Waals surface area contributed by atoms with E-state index in [0.29, 0.717) is 16.4 Å². The summed E-state index contributed by atoms with van der Waals surface area (Å²) in [5.41, 5.74) is 5.00. The second kappa shape index (κ2) is 6.84. The van der Waals surface area contributed by atoms with Crippen molar-refractivity contribution in [3.8, 4) is 0 Å². The summed E-state index contributed by atoms with van der Waals surface area (Å²) in [5.74, 6) is -1.48. The molecule has 0 saturated carbocycles. The van der Waals surface area contributed by atoms with Crippen LogP contribution in [0, 0.1) is 27.7 Å². The van der Waals surface area contributed by atoms with Gasteiger partial charge in [-0.3, -0.25) is 9.59 Å². The zero-order chi connectivity index (χ0) is 17.1. The molecule has 2 aromatic carbocycles. The van der Waals surface area contributed by atoms with Crippen molar-refractivity contribution in [1.82, 2.24) is 0 Å². The van der Waals surface area contributed by atoms with E-state index in [9.17, 15) is 9.59 Å². The molecule has 0 aliphatic rings. The van der Waals surface area contributed by atoms with Crippen LogP contribution in [0.1, 0.15) is 22.3 Å². The number of amides is 2. The Labute approximate surface area is 140 Å². The van der Waals surface area contributed by atoms with E-state index in [4.69, 9.17) is 11.6 Å². The first-order valence-corrected chi connectivity index (χ1v) is 7.62. The highest BCUT2D eigenvalue weighted by atomic mass is 35.5. The fourth-order valence-corrected chi connectivity index (χ4v) is 2.62. The lowest BCUT2D eigenvalue weighted by molar-refractivity contribution is -0.133. The summed E-state index contributed by atoms with van der Waals surface area (Å²) in [7, 11) is 0. The highest BCUT2D eigenvalue weighted by molar-refractivity contribution is 6.45. The largest absolute Gasteiger partial charge is 0.318 e. The van der Waals surface area contributed by atoms with Crippen LogP contribution in [0.5, 0.6) is 0 Å². The molecule has 0 unspecified atom stereocenters. The van der Waals surface area contributed by atoms with E-state index in [1.54, 1.807) is 12.1 Å². The first-order valence-electron chi connectivity index (χ1n) is 7.24. The third-order valence-corrected chi connectivity index (χ3v) is 3.94. The Hall–Kier alpha value is -2.33. The molecule has 2 amide bonds. The second-order valence-electron chi connectivity index (χ2n) is 5.65. The van der Waals surface area contributed by atoms with Gasteiger partial charge in [0, 0.05) is 5.69 Å². The van der Waals surface area contributed by atoms with Crippen LogP contribution < -0.4 is 10.6 Å². The van der Waals surface area contributed by atoms with Crippen LogP contribution in [0.25, 0.3) is 0 Å². The molecule has 0 spiro atoms. The maximum atomic E-state index is 12.1. The minimum absolute atomic E-state index is 0.412. The number of nitrogens with one attached hydrogen (secondary N) is 2. The van der Waals surface area contributed by atoms with Gasteiger partial charge in [0.05, 0.1) is 10.7 Å². The molecule has 0 aromatic heterocycles. The molecular weight excluding hydrogens is 312 g/mol. The van der Waals surface area contributed by atoms with Gasteiger partial charge in [-0.2, -0.15) is 0 Å². The summed E-state index contributed by atoms with van der Waals surface area (Å²) >= 11 is 6.14. The monoisotopic (exact) mass is 330 g/mol. The number of carbonyl (C=O) groups is 2. The Bertz CT molecular complexity index is 762. The molecule has 2 aromatic rings. The summed E-state index contributed by atoms with van der Waals surface area (Å²) in [6.07, 6.45) is 0. The second-order valence-corrected chi connectivity index (χ2v) is 6.05. The fraction of sp³-hybridized carbons (Fsp3) is 0.222. The predicted octanol–water partition coefficient (Wildman–Crippen LogP) is 4.15. The molecule has 5 heteroatoms. The maximum Gasteiger partial charge on any atom is 0.314 e. The van der Waals surface area contributed by atoms with Gasteiger partial charge in [0.2, 0.25) is 0 Å². The van der Waals surface area contributed by atoms with Gasteiger partial charge in [0.25, 0.3) is 0 Å². The molecule has 23 heavy (non-hydrogen) atoms. The Morgan fingerprint density at radius 3 is 2.09 bits per heavy atom. The molecule has 2 N–H and O–H groups in total. The molecule has 0 atom stereocenters. The number of rotatable bonds is 2. The highest BCUT2D eigenvalue weighted by Gasteiger charge is 2.17. The number of carbonyl (C=O) groups excluding carboxylic acids is 2. The van der Waals surface area contributed by atoms with Crippen molar-refractivity contribution in [3.63, 3.8) is 0 Å². The van der Waals surface area contributed by atoms with E-state index in [-0.39, 0.29) is 0 Å². The number of anilines is 2. The first kappa shape index (κ1) is 17.0. The minimum atomic E-state index is -0.753. The Kier molecular flexibility index (Phi) is 5.06. The standard InChI is InChI=1S/C18H19ClN2O2/c1-10-7-13(4)16(15(19)8-10)21-18(23)17(22)20-14-6-5-11(2)12(3)9-14/h5-9H,1-4H3,(H,20,22)(H,21,23). The van der Waals surface area contributed by atoms with E-state index >= 15 is 0 Å². The zero-order valence-electron chi connectivity index (χ0n) is 13.6. The molecule has 0 fully saturated rings. The van der Waals surface area contributed by atoms with Gasteiger partial charge in [0.15, 0.2) is 0 Å². The molecule has 0 heterocycles. The highest BCUT2D eigenvalue weighted by Crippen LogP contribution is 2.27. The minimum Gasteiger partial charge on any atom is -0.318 e. The number of benzene rings is 2. The van der Waals surface area contributed by atoms with Crippen molar-refractivity contribution in [2.24, 2.45) is 0 Å². The van der Waals surface area contributed by atoms with Crippen LogP contribution in [0.3, 0.4) is 0 Å². The van der Waals surface area contributed by atoms with E-state index in [1.165, 1.54) is 0 Å². The average Bonchev–Trinajstić information content (AvgIpc) is 2.46. The molecule has 0 bridgehead atoms. The van der Waals surface area contributed by atoms with Crippen molar-refractivity contribution in [1.29, 1.82) is 0 Å². The lowest BCUT2D eigenvalue weighted by Crippen LogP contribution is -2.29. The van der Waals surface area contributed by atoms with Crippen molar-refractivity contribution in [2.45, 2.75) is 27.7 Å². The third-order valence-electron chi connectivity index (χ3n) is 3.64. The SMILES string of the molecule is Cc1cc(C)c(NC(=O)C(=O)Nc2ccc(C)c(C)c2)c(Cl)c1. The van der Waals surface area contributed by atoms with Gasteiger partial charge in [0.1, 0.15) is 0 Å². The van der Waals surface area contributed by atoms with E-state index in [2.05, 4.69) is 10.6 Å². The quantitative estimate of drug-likeness (QED) is 0.813. The van der Waals surface area contributed by atoms with Gasteiger partial charge < -0.3 is 10.6 Å². The summed E-state index contributed by atoms with van der Waals surface area (Å²) in [4.78, 5) is 24.1. The lowest BCUT2D eigenvalue weighted by atomic mass is 10.1. The van der Waals surface area contributed by atoms with Crippen molar-refractivity contribution >= 4 is 34.8 Å². The molecule has 2 rings (SSSR count). The first-order chi connectivity index (χ1) is 10.8. The zero-order valence-corrected chi connectivity index (χ0v) is 14.3. The van der Waals surface area contributed by atoms with Gasteiger partial charge in [-0.15, -0.1) is 0 Å². The summed E-state index contributed by atoms with van der Waals surface area (Å²) < 4.78 is 0.